The summed E-state index contributed by atoms with van der Waals surface area (Å²) < 4.78 is 0. The molecule has 0 radical (unpaired) electrons. The maximum absolute atomic E-state index is 13.1. The molecule has 0 saturated heterocycles. The lowest BCUT2D eigenvalue weighted by Crippen LogP contribution is -2.50. The van der Waals surface area contributed by atoms with E-state index in [-0.39, 0.29) is 5.91 Å². The van der Waals surface area contributed by atoms with Gasteiger partial charge in [-0.15, -0.1) is 0 Å². The van der Waals surface area contributed by atoms with Crippen molar-refractivity contribution in [2.45, 2.75) is 40.0 Å². The van der Waals surface area contributed by atoms with Gasteiger partial charge in [-0.05, 0) is 36.8 Å². The molecule has 3 nitrogen and oxygen atoms in total. The molecule has 0 spiro atoms. The molecule has 1 aromatic carbocycles. The first-order chi connectivity index (χ1) is 9.57. The molecular formula is C17H26N2O. The van der Waals surface area contributed by atoms with E-state index in [2.05, 4.69) is 39.0 Å². The summed E-state index contributed by atoms with van der Waals surface area (Å²) >= 11 is 0. The van der Waals surface area contributed by atoms with Crippen molar-refractivity contribution in [2.24, 2.45) is 17.1 Å². The molecule has 3 heteroatoms. The molecule has 0 bridgehead atoms. The van der Waals surface area contributed by atoms with Gasteiger partial charge in [0.15, 0.2) is 0 Å². The minimum absolute atomic E-state index is 0.198. The minimum atomic E-state index is -0.413. The fourth-order valence-electron chi connectivity index (χ4n) is 3.20. The third kappa shape index (κ3) is 2.47. The number of rotatable bonds is 4. The van der Waals surface area contributed by atoms with Crippen LogP contribution in [0.1, 0.15) is 39.2 Å². The predicted molar refractivity (Wildman–Crippen MR) is 83.7 cm³/mol. The van der Waals surface area contributed by atoms with Crippen LogP contribution in [0.2, 0.25) is 0 Å². The van der Waals surface area contributed by atoms with Gasteiger partial charge in [-0.1, -0.05) is 39.0 Å². The molecule has 110 valence electrons. The van der Waals surface area contributed by atoms with E-state index in [0.717, 1.165) is 31.5 Å². The first kappa shape index (κ1) is 15.0. The second-order valence-corrected chi connectivity index (χ2v) is 6.05. The number of hydrogen-bond donors (Lipinski definition) is 1. The summed E-state index contributed by atoms with van der Waals surface area (Å²) in [7, 11) is 0. The van der Waals surface area contributed by atoms with Crippen LogP contribution < -0.4 is 10.6 Å². The molecule has 1 aromatic rings. The molecule has 2 rings (SSSR count). The minimum Gasteiger partial charge on any atom is -0.329 e. The van der Waals surface area contributed by atoms with Crippen LogP contribution >= 0.6 is 0 Å². The Labute approximate surface area is 122 Å². The van der Waals surface area contributed by atoms with Gasteiger partial charge in [0.25, 0.3) is 0 Å². The molecule has 1 aliphatic heterocycles. The molecule has 1 heterocycles. The standard InChI is InChI=1S/C17H26N2O/c1-4-17(5-2,12-18)16(20)19-11-13(3)10-14-8-6-7-9-15(14)19/h6-9,13H,4-5,10-12,18H2,1-3H3. The zero-order valence-corrected chi connectivity index (χ0v) is 12.9. The zero-order valence-electron chi connectivity index (χ0n) is 12.9. The van der Waals surface area contributed by atoms with Gasteiger partial charge in [-0.25, -0.2) is 0 Å². The summed E-state index contributed by atoms with van der Waals surface area (Å²) in [4.78, 5) is 15.0. The quantitative estimate of drug-likeness (QED) is 0.917. The zero-order chi connectivity index (χ0) is 14.8. The Kier molecular flexibility index (Phi) is 4.48. The van der Waals surface area contributed by atoms with Crippen molar-refractivity contribution in [3.63, 3.8) is 0 Å². The maximum atomic E-state index is 13.1. The van der Waals surface area contributed by atoms with E-state index in [1.165, 1.54) is 5.56 Å². The summed E-state index contributed by atoms with van der Waals surface area (Å²) in [6.07, 6.45) is 2.64. The topological polar surface area (TPSA) is 46.3 Å². The number of anilines is 1. The largest absolute Gasteiger partial charge is 0.329 e. The molecule has 0 saturated carbocycles. The third-order valence-corrected chi connectivity index (χ3v) is 4.79. The van der Waals surface area contributed by atoms with Crippen LogP contribution in [0.15, 0.2) is 24.3 Å². The first-order valence-electron chi connectivity index (χ1n) is 7.68. The number of carbonyl (C=O) groups excluding carboxylic acids is 1. The van der Waals surface area contributed by atoms with Crippen molar-refractivity contribution < 1.29 is 4.79 Å². The molecule has 1 amide bonds. The number of nitrogens with two attached hydrogens (primary N) is 1. The van der Waals surface area contributed by atoms with Crippen LogP contribution in [0, 0.1) is 11.3 Å². The Hall–Kier alpha value is -1.35. The van der Waals surface area contributed by atoms with E-state index in [9.17, 15) is 4.79 Å². The first-order valence-corrected chi connectivity index (χ1v) is 7.68. The Balaban J connectivity index is 2.40. The van der Waals surface area contributed by atoms with Crippen molar-refractivity contribution in [1.29, 1.82) is 0 Å². The average molecular weight is 274 g/mol. The molecule has 1 unspecified atom stereocenters. The molecule has 0 aliphatic carbocycles. The number of benzene rings is 1. The van der Waals surface area contributed by atoms with E-state index < -0.39 is 5.41 Å². The van der Waals surface area contributed by atoms with E-state index >= 15 is 0 Å². The molecule has 2 N–H and O–H groups in total. The molecular weight excluding hydrogens is 248 g/mol. The summed E-state index contributed by atoms with van der Waals surface area (Å²) in [6.45, 7) is 7.56. The lowest BCUT2D eigenvalue weighted by Gasteiger charge is -2.40. The van der Waals surface area contributed by atoms with Gasteiger partial charge in [0, 0.05) is 18.8 Å². The van der Waals surface area contributed by atoms with E-state index in [4.69, 9.17) is 5.73 Å². The van der Waals surface area contributed by atoms with Crippen LogP contribution in [-0.2, 0) is 11.2 Å². The Bertz CT molecular complexity index is 471. The Morgan fingerprint density at radius 3 is 2.60 bits per heavy atom. The second-order valence-electron chi connectivity index (χ2n) is 6.05. The SMILES string of the molecule is CCC(CC)(CN)C(=O)N1CC(C)Cc2ccccc21. The number of nitrogens with zero attached hydrogens (tertiary/aromatic N) is 1. The highest BCUT2D eigenvalue weighted by molar-refractivity contribution is 5.98. The summed E-state index contributed by atoms with van der Waals surface area (Å²) in [5.74, 6) is 0.696. The molecule has 0 aromatic heterocycles. The van der Waals surface area contributed by atoms with Crippen molar-refractivity contribution >= 4 is 11.6 Å². The van der Waals surface area contributed by atoms with Crippen LogP contribution in [0.4, 0.5) is 5.69 Å². The highest BCUT2D eigenvalue weighted by Gasteiger charge is 2.39. The fraction of sp³-hybridized carbons (Fsp3) is 0.588. The summed E-state index contributed by atoms with van der Waals surface area (Å²) in [5, 5.41) is 0. The fourth-order valence-corrected chi connectivity index (χ4v) is 3.20. The van der Waals surface area contributed by atoms with Crippen LogP contribution in [0.3, 0.4) is 0 Å². The van der Waals surface area contributed by atoms with E-state index in [1.807, 2.05) is 11.0 Å². The average Bonchev–Trinajstić information content (AvgIpc) is 2.48. The monoisotopic (exact) mass is 274 g/mol. The third-order valence-electron chi connectivity index (χ3n) is 4.79. The summed E-state index contributed by atoms with van der Waals surface area (Å²) in [5.41, 5.74) is 7.89. The molecule has 1 aliphatic rings. The van der Waals surface area contributed by atoms with Crippen molar-refractivity contribution in [1.82, 2.24) is 0 Å². The van der Waals surface area contributed by atoms with Crippen molar-refractivity contribution in [2.75, 3.05) is 18.0 Å². The van der Waals surface area contributed by atoms with E-state index in [0.29, 0.717) is 12.5 Å². The van der Waals surface area contributed by atoms with Gasteiger partial charge in [0.2, 0.25) is 5.91 Å². The highest BCUT2D eigenvalue weighted by atomic mass is 16.2. The smallest absolute Gasteiger partial charge is 0.234 e. The molecule has 20 heavy (non-hydrogen) atoms. The van der Waals surface area contributed by atoms with Gasteiger partial charge in [0.1, 0.15) is 0 Å². The van der Waals surface area contributed by atoms with Gasteiger partial charge in [0.05, 0.1) is 5.41 Å². The van der Waals surface area contributed by atoms with Gasteiger partial charge in [-0.2, -0.15) is 0 Å². The Morgan fingerprint density at radius 2 is 2.00 bits per heavy atom. The number of carbonyl (C=O) groups is 1. The van der Waals surface area contributed by atoms with Crippen LogP contribution in [-0.4, -0.2) is 19.0 Å². The van der Waals surface area contributed by atoms with Crippen LogP contribution in [0.5, 0.6) is 0 Å². The molecule has 0 fully saturated rings. The highest BCUT2D eigenvalue weighted by Crippen LogP contribution is 2.35. The Morgan fingerprint density at radius 1 is 1.35 bits per heavy atom. The lowest BCUT2D eigenvalue weighted by molar-refractivity contribution is -0.128. The number of hydrogen-bond acceptors (Lipinski definition) is 2. The number of para-hydroxylation sites is 1. The van der Waals surface area contributed by atoms with Crippen molar-refractivity contribution in [3.8, 4) is 0 Å². The number of fused-ring (bicyclic) bond motifs is 1. The normalized spacial score (nSPS) is 18.8. The van der Waals surface area contributed by atoms with Gasteiger partial charge in [-0.3, -0.25) is 4.79 Å². The summed E-state index contributed by atoms with van der Waals surface area (Å²) in [6, 6.07) is 8.26. The van der Waals surface area contributed by atoms with Crippen molar-refractivity contribution in [3.05, 3.63) is 29.8 Å². The number of amides is 1. The maximum Gasteiger partial charge on any atom is 0.234 e. The van der Waals surface area contributed by atoms with E-state index in [1.54, 1.807) is 0 Å². The molecule has 1 atom stereocenters. The van der Waals surface area contributed by atoms with Crippen LogP contribution in [0.25, 0.3) is 0 Å². The lowest BCUT2D eigenvalue weighted by atomic mass is 9.79. The van der Waals surface area contributed by atoms with Gasteiger partial charge < -0.3 is 10.6 Å². The van der Waals surface area contributed by atoms with Gasteiger partial charge >= 0.3 is 0 Å². The second kappa shape index (κ2) is 5.96. The predicted octanol–water partition coefficient (Wildman–Crippen LogP) is 2.98.